The van der Waals surface area contributed by atoms with Gasteiger partial charge < -0.3 is 5.73 Å². The number of aryl methyl sites for hydroxylation is 1. The summed E-state index contributed by atoms with van der Waals surface area (Å²) in [6, 6.07) is 3.96. The molecule has 0 aliphatic rings. The molecule has 0 amide bonds. The average molecular weight is 191 g/mol. The SMILES string of the molecule is Cc1cccnc1CN=C(N)C(C)C. The van der Waals surface area contributed by atoms with E-state index >= 15 is 0 Å². The lowest BCUT2D eigenvalue weighted by Crippen LogP contribution is -2.19. The standard InChI is InChI=1S/C11H17N3/c1-8(2)11(12)14-7-10-9(3)5-4-6-13-10/h4-6,8H,7H2,1-3H3,(H2,12,14). The highest BCUT2D eigenvalue weighted by Crippen LogP contribution is 2.05. The van der Waals surface area contributed by atoms with Crippen molar-refractivity contribution in [2.45, 2.75) is 27.3 Å². The molecule has 0 atom stereocenters. The predicted octanol–water partition coefficient (Wildman–Crippen LogP) is 1.90. The second-order valence-electron chi connectivity index (χ2n) is 3.66. The normalized spacial score (nSPS) is 12.1. The van der Waals surface area contributed by atoms with Gasteiger partial charge in [0.1, 0.15) is 0 Å². The van der Waals surface area contributed by atoms with Crippen LogP contribution >= 0.6 is 0 Å². The van der Waals surface area contributed by atoms with Crippen molar-refractivity contribution in [3.63, 3.8) is 0 Å². The fourth-order valence-corrected chi connectivity index (χ4v) is 1.03. The van der Waals surface area contributed by atoms with E-state index in [0.29, 0.717) is 18.3 Å². The van der Waals surface area contributed by atoms with Gasteiger partial charge in [-0.15, -0.1) is 0 Å². The molecule has 0 unspecified atom stereocenters. The van der Waals surface area contributed by atoms with Crippen LogP contribution in [0.2, 0.25) is 0 Å². The summed E-state index contributed by atoms with van der Waals surface area (Å²) >= 11 is 0. The van der Waals surface area contributed by atoms with Gasteiger partial charge in [-0.05, 0) is 18.6 Å². The lowest BCUT2D eigenvalue weighted by molar-refractivity contribution is 0.847. The Kier molecular flexibility index (Phi) is 3.63. The van der Waals surface area contributed by atoms with E-state index in [1.807, 2.05) is 32.9 Å². The van der Waals surface area contributed by atoms with Crippen LogP contribution in [0, 0.1) is 12.8 Å². The Labute approximate surface area is 85.1 Å². The Bertz CT molecular complexity index is 329. The lowest BCUT2D eigenvalue weighted by Gasteiger charge is -2.04. The highest BCUT2D eigenvalue weighted by atomic mass is 14.9. The van der Waals surface area contributed by atoms with E-state index in [-0.39, 0.29) is 0 Å². The van der Waals surface area contributed by atoms with Gasteiger partial charge >= 0.3 is 0 Å². The van der Waals surface area contributed by atoms with Crippen molar-refractivity contribution in [3.05, 3.63) is 29.6 Å². The van der Waals surface area contributed by atoms with Crippen molar-refractivity contribution in [1.29, 1.82) is 0 Å². The van der Waals surface area contributed by atoms with E-state index in [1.54, 1.807) is 6.20 Å². The minimum atomic E-state index is 0.305. The van der Waals surface area contributed by atoms with Crippen molar-refractivity contribution in [1.82, 2.24) is 4.98 Å². The minimum Gasteiger partial charge on any atom is -0.387 e. The molecule has 14 heavy (non-hydrogen) atoms. The Morgan fingerprint density at radius 1 is 1.57 bits per heavy atom. The first-order valence-corrected chi connectivity index (χ1v) is 4.81. The summed E-state index contributed by atoms with van der Waals surface area (Å²) in [4.78, 5) is 8.53. The third-order valence-electron chi connectivity index (χ3n) is 2.12. The topological polar surface area (TPSA) is 51.3 Å². The molecule has 0 saturated carbocycles. The molecule has 1 rings (SSSR count). The average Bonchev–Trinajstić information content (AvgIpc) is 2.16. The van der Waals surface area contributed by atoms with Gasteiger partial charge in [0.2, 0.25) is 0 Å². The fourth-order valence-electron chi connectivity index (χ4n) is 1.03. The number of amidine groups is 1. The molecule has 3 heteroatoms. The van der Waals surface area contributed by atoms with Crippen LogP contribution in [0.5, 0.6) is 0 Å². The van der Waals surface area contributed by atoms with E-state index in [2.05, 4.69) is 9.98 Å². The van der Waals surface area contributed by atoms with E-state index in [4.69, 9.17) is 5.73 Å². The van der Waals surface area contributed by atoms with E-state index < -0.39 is 0 Å². The number of hydrogen-bond acceptors (Lipinski definition) is 2. The smallest absolute Gasteiger partial charge is 0.0967 e. The fraction of sp³-hybridized carbons (Fsp3) is 0.455. The zero-order valence-corrected chi connectivity index (χ0v) is 8.99. The monoisotopic (exact) mass is 191 g/mol. The van der Waals surface area contributed by atoms with Crippen molar-refractivity contribution in [3.8, 4) is 0 Å². The molecule has 0 spiro atoms. The number of hydrogen-bond donors (Lipinski definition) is 1. The molecule has 0 aliphatic heterocycles. The van der Waals surface area contributed by atoms with Gasteiger partial charge in [-0.2, -0.15) is 0 Å². The van der Waals surface area contributed by atoms with Crippen molar-refractivity contribution in [2.24, 2.45) is 16.6 Å². The first-order chi connectivity index (χ1) is 6.61. The first-order valence-electron chi connectivity index (χ1n) is 4.81. The second-order valence-corrected chi connectivity index (χ2v) is 3.66. The maximum atomic E-state index is 5.74. The molecule has 0 bridgehead atoms. The number of aromatic nitrogens is 1. The summed E-state index contributed by atoms with van der Waals surface area (Å²) in [5.41, 5.74) is 7.89. The molecule has 3 nitrogen and oxygen atoms in total. The predicted molar refractivity (Wildman–Crippen MR) is 59.1 cm³/mol. The van der Waals surface area contributed by atoms with Crippen molar-refractivity contribution < 1.29 is 0 Å². The molecule has 0 radical (unpaired) electrons. The summed E-state index contributed by atoms with van der Waals surface area (Å²) in [6.45, 7) is 6.67. The highest BCUT2D eigenvalue weighted by Gasteiger charge is 2.00. The van der Waals surface area contributed by atoms with Gasteiger partial charge in [-0.25, -0.2) is 0 Å². The Morgan fingerprint density at radius 2 is 2.29 bits per heavy atom. The number of nitrogens with two attached hydrogens (primary N) is 1. The molecule has 0 aromatic carbocycles. The van der Waals surface area contributed by atoms with Crippen LogP contribution in [0.4, 0.5) is 0 Å². The molecular formula is C11H17N3. The molecule has 2 N–H and O–H groups in total. The van der Waals surface area contributed by atoms with Crippen molar-refractivity contribution in [2.75, 3.05) is 0 Å². The summed E-state index contributed by atoms with van der Waals surface area (Å²) in [7, 11) is 0. The van der Waals surface area contributed by atoms with Crippen LogP contribution < -0.4 is 5.73 Å². The Balaban J connectivity index is 2.71. The molecule has 1 aromatic rings. The molecule has 1 heterocycles. The number of pyridine rings is 1. The van der Waals surface area contributed by atoms with Crippen LogP contribution in [0.3, 0.4) is 0 Å². The van der Waals surface area contributed by atoms with Crippen LogP contribution in [0.15, 0.2) is 23.3 Å². The third kappa shape index (κ3) is 2.83. The van der Waals surface area contributed by atoms with Crippen molar-refractivity contribution >= 4 is 5.84 Å². The summed E-state index contributed by atoms with van der Waals surface area (Å²) in [6.07, 6.45) is 1.78. The summed E-state index contributed by atoms with van der Waals surface area (Å²) in [5.74, 6) is 0.995. The van der Waals surface area contributed by atoms with Gasteiger partial charge in [0, 0.05) is 12.1 Å². The second kappa shape index (κ2) is 4.74. The van der Waals surface area contributed by atoms with Crippen LogP contribution in [0.1, 0.15) is 25.1 Å². The van der Waals surface area contributed by atoms with E-state index in [0.717, 1.165) is 11.3 Å². The van der Waals surface area contributed by atoms with E-state index in [1.165, 1.54) is 0 Å². The zero-order valence-electron chi connectivity index (χ0n) is 8.99. The highest BCUT2D eigenvalue weighted by molar-refractivity contribution is 5.82. The Morgan fingerprint density at radius 3 is 2.86 bits per heavy atom. The van der Waals surface area contributed by atoms with Gasteiger partial charge in [0.05, 0.1) is 18.1 Å². The molecule has 76 valence electrons. The lowest BCUT2D eigenvalue weighted by atomic mass is 10.2. The summed E-state index contributed by atoms with van der Waals surface area (Å²) < 4.78 is 0. The molecule has 0 aliphatic carbocycles. The van der Waals surface area contributed by atoms with Gasteiger partial charge in [-0.1, -0.05) is 19.9 Å². The van der Waals surface area contributed by atoms with Crippen LogP contribution in [-0.2, 0) is 6.54 Å². The molecule has 1 aromatic heterocycles. The van der Waals surface area contributed by atoms with Gasteiger partial charge in [0.15, 0.2) is 0 Å². The number of aliphatic imine (C=N–C) groups is 1. The largest absolute Gasteiger partial charge is 0.387 e. The zero-order chi connectivity index (χ0) is 10.6. The first kappa shape index (κ1) is 10.7. The maximum Gasteiger partial charge on any atom is 0.0967 e. The molecule has 0 saturated heterocycles. The minimum absolute atomic E-state index is 0.305. The Hall–Kier alpha value is -1.38. The molecular weight excluding hydrogens is 174 g/mol. The quantitative estimate of drug-likeness (QED) is 0.586. The number of rotatable bonds is 3. The van der Waals surface area contributed by atoms with Crippen LogP contribution in [0.25, 0.3) is 0 Å². The maximum absolute atomic E-state index is 5.74. The number of nitrogens with zero attached hydrogens (tertiary/aromatic N) is 2. The third-order valence-corrected chi connectivity index (χ3v) is 2.12. The van der Waals surface area contributed by atoms with Crippen LogP contribution in [-0.4, -0.2) is 10.8 Å². The van der Waals surface area contributed by atoms with Gasteiger partial charge in [-0.3, -0.25) is 9.98 Å². The van der Waals surface area contributed by atoms with E-state index in [9.17, 15) is 0 Å². The van der Waals surface area contributed by atoms with Gasteiger partial charge in [0.25, 0.3) is 0 Å². The molecule has 0 fully saturated rings. The summed E-state index contributed by atoms with van der Waals surface area (Å²) in [5, 5.41) is 0.